The molecule has 1 atom stereocenters. The molecule has 6 nitrogen and oxygen atoms in total. The standard InChI is InChI=1S/C23H28N2O4/c1-5-16-9-7-8-14(3)22(16)25-15(4)10-20(28)21-19(25)11-17(6-2)24-23(21)29-13-18(27)12-26/h7-11,18,26-27H,5-6,12-13H2,1-4H3. The Morgan fingerprint density at radius 1 is 1.17 bits per heavy atom. The molecule has 3 rings (SSSR count). The third kappa shape index (κ3) is 4.04. The highest BCUT2D eigenvalue weighted by atomic mass is 16.5. The molecule has 0 spiro atoms. The number of aliphatic hydroxyl groups excluding tert-OH is 2. The fourth-order valence-corrected chi connectivity index (χ4v) is 3.62. The van der Waals surface area contributed by atoms with Crippen LogP contribution in [0, 0.1) is 13.8 Å². The van der Waals surface area contributed by atoms with Gasteiger partial charge in [0.2, 0.25) is 5.88 Å². The van der Waals surface area contributed by atoms with Crippen LogP contribution in [0.1, 0.15) is 36.4 Å². The van der Waals surface area contributed by atoms with Crippen LogP contribution in [0.4, 0.5) is 0 Å². The van der Waals surface area contributed by atoms with Gasteiger partial charge in [-0.3, -0.25) is 4.79 Å². The SMILES string of the molecule is CCc1cc2c(c(OCC(O)CO)n1)c(=O)cc(C)n2-c1c(C)cccc1CC. The molecular formula is C23H28N2O4. The van der Waals surface area contributed by atoms with E-state index in [0.717, 1.165) is 34.6 Å². The van der Waals surface area contributed by atoms with Crippen molar-refractivity contribution in [2.45, 2.75) is 46.6 Å². The maximum atomic E-state index is 12.9. The summed E-state index contributed by atoms with van der Waals surface area (Å²) >= 11 is 0. The molecule has 29 heavy (non-hydrogen) atoms. The van der Waals surface area contributed by atoms with Crippen LogP contribution in [0.2, 0.25) is 0 Å². The van der Waals surface area contributed by atoms with Gasteiger partial charge in [0.15, 0.2) is 5.43 Å². The van der Waals surface area contributed by atoms with E-state index in [0.29, 0.717) is 11.8 Å². The Balaban J connectivity index is 2.37. The first-order valence-electron chi connectivity index (χ1n) is 9.98. The van der Waals surface area contributed by atoms with Crippen molar-refractivity contribution in [3.8, 4) is 11.6 Å². The lowest BCUT2D eigenvalue weighted by Crippen LogP contribution is -2.23. The van der Waals surface area contributed by atoms with Crippen molar-refractivity contribution in [1.82, 2.24) is 9.55 Å². The van der Waals surface area contributed by atoms with Crippen LogP contribution in [0.25, 0.3) is 16.6 Å². The van der Waals surface area contributed by atoms with Crippen LogP contribution in [0.15, 0.2) is 35.1 Å². The number of hydrogen-bond acceptors (Lipinski definition) is 5. The van der Waals surface area contributed by atoms with Gasteiger partial charge in [-0.1, -0.05) is 32.0 Å². The molecule has 2 N–H and O–H groups in total. The second kappa shape index (κ2) is 8.76. The predicted octanol–water partition coefficient (Wildman–Crippen LogP) is 2.86. The van der Waals surface area contributed by atoms with Gasteiger partial charge in [0.05, 0.1) is 17.8 Å². The molecule has 6 heteroatoms. The molecule has 1 unspecified atom stereocenters. The van der Waals surface area contributed by atoms with Gasteiger partial charge in [-0.25, -0.2) is 4.98 Å². The van der Waals surface area contributed by atoms with Gasteiger partial charge in [-0.15, -0.1) is 0 Å². The minimum Gasteiger partial charge on any atom is -0.474 e. The number of ether oxygens (including phenoxy) is 1. The van der Waals surface area contributed by atoms with Gasteiger partial charge >= 0.3 is 0 Å². The highest BCUT2D eigenvalue weighted by molar-refractivity contribution is 5.86. The van der Waals surface area contributed by atoms with Crippen LogP contribution in [0.5, 0.6) is 5.88 Å². The smallest absolute Gasteiger partial charge is 0.227 e. The van der Waals surface area contributed by atoms with E-state index in [9.17, 15) is 9.90 Å². The van der Waals surface area contributed by atoms with Crippen LogP contribution in [-0.4, -0.2) is 39.1 Å². The summed E-state index contributed by atoms with van der Waals surface area (Å²) in [5, 5.41) is 19.1. The van der Waals surface area contributed by atoms with Crippen LogP contribution >= 0.6 is 0 Å². The van der Waals surface area contributed by atoms with Crippen molar-refractivity contribution in [1.29, 1.82) is 0 Å². The minimum atomic E-state index is -1.03. The van der Waals surface area contributed by atoms with E-state index >= 15 is 0 Å². The monoisotopic (exact) mass is 396 g/mol. The summed E-state index contributed by atoms with van der Waals surface area (Å²) in [6, 6.07) is 9.74. The second-order valence-corrected chi connectivity index (χ2v) is 7.24. The topological polar surface area (TPSA) is 84.6 Å². The molecule has 2 heterocycles. The Kier molecular flexibility index (Phi) is 6.35. The summed E-state index contributed by atoms with van der Waals surface area (Å²) in [5.41, 5.74) is 5.55. The van der Waals surface area contributed by atoms with Gasteiger partial charge in [0.25, 0.3) is 0 Å². The molecule has 0 saturated carbocycles. The zero-order chi connectivity index (χ0) is 21.1. The first-order chi connectivity index (χ1) is 13.9. The average molecular weight is 396 g/mol. The maximum Gasteiger partial charge on any atom is 0.227 e. The maximum absolute atomic E-state index is 12.9. The molecule has 0 aliphatic rings. The van der Waals surface area contributed by atoms with Crippen molar-refractivity contribution >= 4 is 10.9 Å². The summed E-state index contributed by atoms with van der Waals surface area (Å²) in [6.45, 7) is 7.54. The van der Waals surface area contributed by atoms with E-state index in [1.807, 2.05) is 26.0 Å². The lowest BCUT2D eigenvalue weighted by atomic mass is 10.0. The molecule has 0 bridgehead atoms. The van der Waals surface area contributed by atoms with Gasteiger partial charge in [-0.2, -0.15) is 0 Å². The lowest BCUT2D eigenvalue weighted by molar-refractivity contribution is 0.0526. The Hall–Kier alpha value is -2.70. The molecule has 0 amide bonds. The third-order valence-corrected chi connectivity index (χ3v) is 5.11. The highest BCUT2D eigenvalue weighted by Gasteiger charge is 2.19. The molecule has 2 aromatic heterocycles. The lowest BCUT2D eigenvalue weighted by Gasteiger charge is -2.21. The van der Waals surface area contributed by atoms with Crippen molar-refractivity contribution in [3.63, 3.8) is 0 Å². The van der Waals surface area contributed by atoms with Gasteiger partial charge < -0.3 is 19.5 Å². The molecule has 154 valence electrons. The molecule has 0 aliphatic heterocycles. The number of aryl methyl sites for hydroxylation is 4. The summed E-state index contributed by atoms with van der Waals surface area (Å²) in [4.78, 5) is 17.4. The quantitative estimate of drug-likeness (QED) is 0.642. The first-order valence-corrected chi connectivity index (χ1v) is 9.98. The zero-order valence-corrected chi connectivity index (χ0v) is 17.4. The number of aromatic nitrogens is 2. The fourth-order valence-electron chi connectivity index (χ4n) is 3.62. The number of benzene rings is 1. The molecule has 3 aromatic rings. The number of nitrogens with zero attached hydrogens (tertiary/aromatic N) is 2. The summed E-state index contributed by atoms with van der Waals surface area (Å²) in [5.74, 6) is 0.192. The Morgan fingerprint density at radius 3 is 2.59 bits per heavy atom. The van der Waals surface area contributed by atoms with Crippen molar-refractivity contribution < 1.29 is 14.9 Å². The highest BCUT2D eigenvalue weighted by Crippen LogP contribution is 2.29. The van der Waals surface area contributed by atoms with Crippen LogP contribution in [0.3, 0.4) is 0 Å². The van der Waals surface area contributed by atoms with E-state index in [-0.39, 0.29) is 17.9 Å². The number of rotatable bonds is 7. The Labute approximate surface area is 170 Å². The molecule has 0 radical (unpaired) electrons. The normalized spacial score (nSPS) is 12.3. The predicted molar refractivity (Wildman–Crippen MR) is 114 cm³/mol. The first kappa shape index (κ1) is 21.0. The number of pyridine rings is 2. The molecule has 0 fully saturated rings. The minimum absolute atomic E-state index is 0.135. The third-order valence-electron chi connectivity index (χ3n) is 5.11. The number of aliphatic hydroxyl groups is 2. The fraction of sp³-hybridized carbons (Fsp3) is 0.391. The zero-order valence-electron chi connectivity index (χ0n) is 17.4. The second-order valence-electron chi connectivity index (χ2n) is 7.24. The van der Waals surface area contributed by atoms with Crippen molar-refractivity contribution in [2.24, 2.45) is 0 Å². The molecule has 0 saturated heterocycles. The summed E-state index contributed by atoms with van der Waals surface area (Å²) in [7, 11) is 0. The molecule has 1 aromatic carbocycles. The number of fused-ring (bicyclic) bond motifs is 1. The van der Waals surface area contributed by atoms with E-state index in [2.05, 4.69) is 35.5 Å². The van der Waals surface area contributed by atoms with E-state index in [1.165, 1.54) is 5.56 Å². The summed E-state index contributed by atoms with van der Waals surface area (Å²) < 4.78 is 7.78. The van der Waals surface area contributed by atoms with Crippen molar-refractivity contribution in [3.05, 3.63) is 63.1 Å². The Bertz CT molecular complexity index is 1090. The van der Waals surface area contributed by atoms with Gasteiger partial charge in [-0.05, 0) is 43.9 Å². The van der Waals surface area contributed by atoms with Crippen LogP contribution in [-0.2, 0) is 12.8 Å². The number of para-hydroxylation sites is 1. The van der Waals surface area contributed by atoms with Gasteiger partial charge in [0.1, 0.15) is 18.1 Å². The number of hydrogen-bond donors (Lipinski definition) is 2. The summed E-state index contributed by atoms with van der Waals surface area (Å²) in [6.07, 6.45) is 0.501. The van der Waals surface area contributed by atoms with E-state index < -0.39 is 12.7 Å². The van der Waals surface area contributed by atoms with E-state index in [1.54, 1.807) is 6.07 Å². The van der Waals surface area contributed by atoms with E-state index in [4.69, 9.17) is 9.84 Å². The molecule has 0 aliphatic carbocycles. The van der Waals surface area contributed by atoms with Crippen LogP contribution < -0.4 is 10.2 Å². The Morgan fingerprint density at radius 2 is 1.93 bits per heavy atom. The molecular weight excluding hydrogens is 368 g/mol. The average Bonchev–Trinajstić information content (AvgIpc) is 2.71. The van der Waals surface area contributed by atoms with Crippen molar-refractivity contribution in [2.75, 3.05) is 13.2 Å². The largest absolute Gasteiger partial charge is 0.474 e. The van der Waals surface area contributed by atoms with Gasteiger partial charge in [0, 0.05) is 17.5 Å².